The number of carbonyl (C=O) groups excluding carboxylic acids is 1. The number of amides is 2. The Bertz CT molecular complexity index is 2080. The van der Waals surface area contributed by atoms with Crippen LogP contribution < -0.4 is 9.80 Å². The average molecular weight is 640 g/mol. The number of aryl methyl sites for hydroxylation is 1. The maximum absolute atomic E-state index is 14.3. The van der Waals surface area contributed by atoms with Gasteiger partial charge in [-0.15, -0.1) is 0 Å². The summed E-state index contributed by atoms with van der Waals surface area (Å²) < 4.78 is 36.4. The van der Waals surface area contributed by atoms with Crippen molar-refractivity contribution in [3.8, 4) is 0 Å². The fourth-order valence-electron chi connectivity index (χ4n) is 7.15. The minimum atomic E-state index is -4.70. The molecule has 1 fully saturated rings. The summed E-state index contributed by atoms with van der Waals surface area (Å²) in [6.45, 7) is 3.51. The van der Waals surface area contributed by atoms with E-state index in [1.165, 1.54) is 9.80 Å². The maximum Gasteiger partial charge on any atom is 0.330 e. The van der Waals surface area contributed by atoms with E-state index in [1.807, 2.05) is 97.9 Å². The third-order valence-electron chi connectivity index (χ3n) is 9.27. The van der Waals surface area contributed by atoms with Crippen LogP contribution >= 0.6 is 0 Å². The Hall–Kier alpha value is -5.31. The molecule has 47 heavy (non-hydrogen) atoms. The highest BCUT2D eigenvalue weighted by Gasteiger charge is 2.52. The summed E-state index contributed by atoms with van der Waals surface area (Å²) in [6, 6.07) is 44.2. The van der Waals surface area contributed by atoms with E-state index < -0.39 is 33.0 Å². The topological polar surface area (TPSA) is 90.8 Å². The van der Waals surface area contributed by atoms with Crippen LogP contribution in [0.3, 0.4) is 0 Å². The van der Waals surface area contributed by atoms with Crippen LogP contribution in [0.25, 0.3) is 10.9 Å². The second-order valence-electron chi connectivity index (χ2n) is 11.8. The molecule has 1 aromatic heterocycles. The molecule has 5 aromatic carbocycles. The summed E-state index contributed by atoms with van der Waals surface area (Å²) in [5.41, 5.74) is 5.78. The van der Waals surface area contributed by atoms with Gasteiger partial charge in [0.25, 0.3) is 10.1 Å². The van der Waals surface area contributed by atoms with Crippen molar-refractivity contribution in [3.05, 3.63) is 174 Å². The predicted octanol–water partition coefficient (Wildman–Crippen LogP) is 7.97. The van der Waals surface area contributed by atoms with Gasteiger partial charge in [-0.2, -0.15) is 8.42 Å². The van der Waals surface area contributed by atoms with Crippen LogP contribution in [0.2, 0.25) is 0 Å². The second kappa shape index (κ2) is 11.8. The summed E-state index contributed by atoms with van der Waals surface area (Å²) >= 11 is 0. The van der Waals surface area contributed by atoms with Gasteiger partial charge < -0.3 is 0 Å². The van der Waals surface area contributed by atoms with Crippen LogP contribution in [0.1, 0.15) is 34.7 Å². The molecule has 6 aromatic rings. The Morgan fingerprint density at radius 1 is 0.660 bits per heavy atom. The molecule has 1 N–H and O–H groups in total. The van der Waals surface area contributed by atoms with Crippen LogP contribution in [0.15, 0.2) is 146 Å². The molecule has 1 saturated heterocycles. The number of nitrogens with zero attached hydrogens (tertiary/aromatic N) is 3. The van der Waals surface area contributed by atoms with Crippen molar-refractivity contribution in [2.45, 2.75) is 30.7 Å². The van der Waals surface area contributed by atoms with Gasteiger partial charge in [0.15, 0.2) is 5.37 Å². The third-order valence-corrected chi connectivity index (χ3v) is 10.5. The van der Waals surface area contributed by atoms with Crippen molar-refractivity contribution in [2.24, 2.45) is 0 Å². The number of fused-ring (bicyclic) bond motifs is 1. The standard InChI is InChI=1S/C39H33N3O4S/c1-27-34-20-12-13-21-35(34)40-26-36(27)41-28(2)37(47(44,45)46)42(38(41)43)33-24-22-32(23-25-33)39(29-14-6-3-7-15-29,30-16-8-4-9-17-30)31-18-10-5-11-19-31/h3-26,28,37H,1-2H3,(H,44,45,46). The first-order chi connectivity index (χ1) is 22.7. The zero-order valence-electron chi connectivity index (χ0n) is 25.9. The predicted molar refractivity (Wildman–Crippen MR) is 186 cm³/mol. The summed E-state index contributed by atoms with van der Waals surface area (Å²) in [5.74, 6) is 0. The highest BCUT2D eigenvalue weighted by molar-refractivity contribution is 7.86. The molecule has 8 heteroatoms. The number of benzene rings is 5. The van der Waals surface area contributed by atoms with Crippen molar-refractivity contribution < 1.29 is 17.8 Å². The molecule has 0 saturated carbocycles. The molecular formula is C39H33N3O4S. The maximum atomic E-state index is 14.3. The van der Waals surface area contributed by atoms with E-state index in [0.717, 1.165) is 38.7 Å². The molecule has 2 amide bonds. The monoisotopic (exact) mass is 639 g/mol. The Morgan fingerprint density at radius 2 is 1.13 bits per heavy atom. The quantitative estimate of drug-likeness (QED) is 0.141. The van der Waals surface area contributed by atoms with Gasteiger partial charge in [-0.05, 0) is 59.9 Å². The van der Waals surface area contributed by atoms with Crippen molar-refractivity contribution >= 4 is 38.4 Å². The van der Waals surface area contributed by atoms with E-state index in [-0.39, 0.29) is 0 Å². The number of hydrogen-bond acceptors (Lipinski definition) is 4. The van der Waals surface area contributed by atoms with Gasteiger partial charge in [0.1, 0.15) is 0 Å². The van der Waals surface area contributed by atoms with E-state index in [2.05, 4.69) is 41.4 Å². The number of hydrogen-bond donors (Lipinski definition) is 1. The molecule has 2 atom stereocenters. The normalized spacial score (nSPS) is 17.0. The number of aromatic nitrogens is 1. The zero-order chi connectivity index (χ0) is 32.8. The van der Waals surface area contributed by atoms with E-state index in [9.17, 15) is 17.8 Å². The van der Waals surface area contributed by atoms with E-state index in [4.69, 9.17) is 0 Å². The Labute approximate surface area is 274 Å². The number of rotatable bonds is 7. The summed E-state index contributed by atoms with van der Waals surface area (Å²) in [7, 11) is -4.70. The molecule has 7 nitrogen and oxygen atoms in total. The number of carbonyl (C=O) groups is 1. The molecule has 2 heterocycles. The first kappa shape index (κ1) is 30.3. The molecule has 0 bridgehead atoms. The molecule has 2 unspecified atom stereocenters. The third kappa shape index (κ3) is 4.97. The molecule has 7 rings (SSSR count). The zero-order valence-corrected chi connectivity index (χ0v) is 26.7. The van der Waals surface area contributed by atoms with Crippen molar-refractivity contribution in [1.29, 1.82) is 0 Å². The lowest BCUT2D eigenvalue weighted by molar-refractivity contribution is 0.255. The lowest BCUT2D eigenvalue weighted by atomic mass is 9.65. The van der Waals surface area contributed by atoms with E-state index >= 15 is 0 Å². The van der Waals surface area contributed by atoms with Crippen molar-refractivity contribution in [1.82, 2.24) is 4.98 Å². The van der Waals surface area contributed by atoms with Gasteiger partial charge in [0, 0.05) is 11.1 Å². The molecule has 0 spiro atoms. The molecular weight excluding hydrogens is 607 g/mol. The Balaban J connectivity index is 1.38. The van der Waals surface area contributed by atoms with Gasteiger partial charge in [0.05, 0.1) is 28.9 Å². The summed E-state index contributed by atoms with van der Waals surface area (Å²) in [4.78, 5) is 21.4. The minimum absolute atomic E-state index is 0.352. The van der Waals surface area contributed by atoms with Crippen LogP contribution in [-0.4, -0.2) is 35.4 Å². The van der Waals surface area contributed by atoms with E-state index in [0.29, 0.717) is 11.4 Å². The van der Waals surface area contributed by atoms with Crippen LogP contribution in [-0.2, 0) is 15.5 Å². The Kier molecular flexibility index (Phi) is 7.62. The number of pyridine rings is 1. The van der Waals surface area contributed by atoms with E-state index in [1.54, 1.807) is 25.3 Å². The van der Waals surface area contributed by atoms with Crippen molar-refractivity contribution in [3.63, 3.8) is 0 Å². The molecule has 0 radical (unpaired) electrons. The highest BCUT2D eigenvalue weighted by Crippen LogP contribution is 2.46. The number of urea groups is 1. The largest absolute Gasteiger partial charge is 0.330 e. The van der Waals surface area contributed by atoms with Crippen molar-refractivity contribution in [2.75, 3.05) is 9.80 Å². The lowest BCUT2D eigenvalue weighted by Gasteiger charge is -2.37. The van der Waals surface area contributed by atoms with Crippen LogP contribution in [0.5, 0.6) is 0 Å². The van der Waals surface area contributed by atoms with Gasteiger partial charge in [0.2, 0.25) is 0 Å². The first-order valence-electron chi connectivity index (χ1n) is 15.4. The first-order valence-corrected chi connectivity index (χ1v) is 16.9. The second-order valence-corrected chi connectivity index (χ2v) is 13.4. The van der Waals surface area contributed by atoms with Crippen LogP contribution in [0.4, 0.5) is 16.2 Å². The molecule has 0 aliphatic carbocycles. The van der Waals surface area contributed by atoms with Gasteiger partial charge >= 0.3 is 6.03 Å². The van der Waals surface area contributed by atoms with Crippen LogP contribution in [0, 0.1) is 6.92 Å². The smallest absolute Gasteiger partial charge is 0.286 e. The average Bonchev–Trinajstić information content (AvgIpc) is 3.37. The minimum Gasteiger partial charge on any atom is -0.286 e. The fraction of sp³-hybridized carbons (Fsp3) is 0.128. The lowest BCUT2D eigenvalue weighted by Crippen LogP contribution is -2.42. The Morgan fingerprint density at radius 3 is 1.64 bits per heavy atom. The van der Waals surface area contributed by atoms with Gasteiger partial charge in [-0.25, -0.2) is 4.79 Å². The molecule has 1 aliphatic rings. The summed E-state index contributed by atoms with van der Waals surface area (Å²) in [6.07, 6.45) is 1.59. The van der Waals surface area contributed by atoms with Gasteiger partial charge in [-0.3, -0.25) is 19.3 Å². The summed E-state index contributed by atoms with van der Waals surface area (Å²) in [5, 5.41) is -0.677. The number of anilines is 2. The fourth-order valence-corrected chi connectivity index (χ4v) is 8.25. The van der Waals surface area contributed by atoms with Gasteiger partial charge in [-0.1, -0.05) is 121 Å². The SMILES string of the molecule is Cc1c(N2C(=O)N(c3ccc(C(c4ccccc4)(c4ccccc4)c4ccccc4)cc3)C(S(=O)(=O)O)C2C)cnc2ccccc12. The highest BCUT2D eigenvalue weighted by atomic mass is 32.2. The molecule has 234 valence electrons. The molecule has 1 aliphatic heterocycles. The number of para-hydroxylation sites is 1.